The Morgan fingerprint density at radius 3 is 2.90 bits per heavy atom. The van der Waals surface area contributed by atoms with Gasteiger partial charge in [0.15, 0.2) is 0 Å². The quantitative estimate of drug-likeness (QED) is 0.855. The van der Waals surface area contributed by atoms with Crippen molar-refractivity contribution in [2.75, 3.05) is 20.2 Å². The predicted octanol–water partition coefficient (Wildman–Crippen LogP) is 1.67. The molecule has 1 saturated heterocycles. The molecule has 2 unspecified atom stereocenters. The summed E-state index contributed by atoms with van der Waals surface area (Å²) in [6.07, 6.45) is 7.01. The molecule has 1 aliphatic rings. The lowest BCUT2D eigenvalue weighted by molar-refractivity contribution is -0.137. The lowest BCUT2D eigenvalue weighted by atomic mass is 9.97. The molecule has 2 heterocycles. The van der Waals surface area contributed by atoms with Crippen LogP contribution in [0.5, 0.6) is 0 Å². The van der Waals surface area contributed by atoms with Crippen LogP contribution in [-0.2, 0) is 9.53 Å². The number of aromatic nitrogens is 2. The molecule has 1 amide bonds. The largest absolute Gasteiger partial charge is 0.380 e. The van der Waals surface area contributed by atoms with Crippen LogP contribution in [0.3, 0.4) is 0 Å². The van der Waals surface area contributed by atoms with Crippen LogP contribution in [0.2, 0.25) is 0 Å². The first-order valence-electron chi connectivity index (χ1n) is 6.77. The average molecular weight is 339 g/mol. The summed E-state index contributed by atoms with van der Waals surface area (Å²) in [5.74, 6) is 0.114. The Hall–Kier alpha value is -0.820. The molecule has 21 heavy (non-hydrogen) atoms. The van der Waals surface area contributed by atoms with E-state index in [1.807, 2.05) is 11.1 Å². The number of halogens is 2. The molecule has 1 aromatic heterocycles. The molecule has 3 N–H and O–H groups in total. The standard InChI is InChI=1S/C13H22N4O2.2ClH/c1-19-11(7-14)6-13(18)17-5-3-2-4-12(17)10-8-15-16-9-10;;/h8-9,11-12H,2-7,14H2,1H3,(H,15,16);2*1H. The van der Waals surface area contributed by atoms with Crippen molar-refractivity contribution in [1.29, 1.82) is 0 Å². The summed E-state index contributed by atoms with van der Waals surface area (Å²) in [5.41, 5.74) is 6.66. The molecule has 0 saturated carbocycles. The minimum atomic E-state index is -0.195. The van der Waals surface area contributed by atoms with Crippen molar-refractivity contribution in [3.63, 3.8) is 0 Å². The first kappa shape index (κ1) is 20.2. The average Bonchev–Trinajstić information content (AvgIpc) is 2.98. The summed E-state index contributed by atoms with van der Waals surface area (Å²) in [6.45, 7) is 1.17. The molecule has 0 aromatic carbocycles. The second-order valence-corrected chi connectivity index (χ2v) is 4.93. The third kappa shape index (κ3) is 5.14. The van der Waals surface area contributed by atoms with Crippen molar-refractivity contribution in [1.82, 2.24) is 15.1 Å². The van der Waals surface area contributed by atoms with E-state index in [1.165, 1.54) is 0 Å². The van der Waals surface area contributed by atoms with Crippen LogP contribution < -0.4 is 5.73 Å². The van der Waals surface area contributed by atoms with E-state index in [4.69, 9.17) is 10.5 Å². The Morgan fingerprint density at radius 2 is 2.33 bits per heavy atom. The van der Waals surface area contributed by atoms with E-state index < -0.39 is 0 Å². The highest BCUT2D eigenvalue weighted by atomic mass is 35.5. The number of methoxy groups -OCH3 is 1. The van der Waals surface area contributed by atoms with E-state index in [0.717, 1.165) is 31.4 Å². The number of carbonyl (C=O) groups is 1. The van der Waals surface area contributed by atoms with E-state index in [1.54, 1.807) is 13.3 Å². The third-order valence-electron chi connectivity index (χ3n) is 3.73. The Balaban J connectivity index is 0.00000200. The van der Waals surface area contributed by atoms with Gasteiger partial charge in [-0.2, -0.15) is 5.10 Å². The van der Waals surface area contributed by atoms with Gasteiger partial charge in [-0.15, -0.1) is 24.8 Å². The van der Waals surface area contributed by atoms with Crippen molar-refractivity contribution in [3.05, 3.63) is 18.0 Å². The number of likely N-dealkylation sites (tertiary alicyclic amines) is 1. The number of H-pyrrole nitrogens is 1. The molecular weight excluding hydrogens is 315 g/mol. The smallest absolute Gasteiger partial charge is 0.225 e. The monoisotopic (exact) mass is 338 g/mol. The van der Waals surface area contributed by atoms with Crippen molar-refractivity contribution in [2.24, 2.45) is 5.73 Å². The SMILES string of the molecule is COC(CN)CC(=O)N1CCCCC1c1cn[nH]c1.Cl.Cl. The molecular formula is C13H24Cl2N4O2. The summed E-state index contributed by atoms with van der Waals surface area (Å²) < 4.78 is 5.20. The number of carbonyl (C=O) groups excluding carboxylic acids is 1. The molecule has 1 aliphatic heterocycles. The number of hydrogen-bond donors (Lipinski definition) is 2. The van der Waals surface area contributed by atoms with E-state index in [2.05, 4.69) is 10.2 Å². The van der Waals surface area contributed by atoms with Gasteiger partial charge in [0, 0.05) is 32.0 Å². The fraction of sp³-hybridized carbons (Fsp3) is 0.692. The van der Waals surface area contributed by atoms with Crippen LogP contribution in [0, 0.1) is 0 Å². The zero-order valence-corrected chi connectivity index (χ0v) is 13.8. The van der Waals surface area contributed by atoms with Crippen molar-refractivity contribution in [3.8, 4) is 0 Å². The molecule has 6 nitrogen and oxygen atoms in total. The molecule has 0 radical (unpaired) electrons. The molecule has 122 valence electrons. The number of piperidine rings is 1. The Kier molecular flexibility index (Phi) is 9.61. The fourth-order valence-corrected chi connectivity index (χ4v) is 2.59. The number of hydrogen-bond acceptors (Lipinski definition) is 4. The van der Waals surface area contributed by atoms with Gasteiger partial charge in [-0.25, -0.2) is 0 Å². The molecule has 0 aliphatic carbocycles. The Labute approximate surface area is 137 Å². The van der Waals surface area contributed by atoms with Crippen LogP contribution in [-0.4, -0.2) is 47.3 Å². The maximum atomic E-state index is 12.4. The van der Waals surface area contributed by atoms with Gasteiger partial charge in [0.2, 0.25) is 5.91 Å². The van der Waals surface area contributed by atoms with Gasteiger partial charge in [-0.1, -0.05) is 0 Å². The summed E-state index contributed by atoms with van der Waals surface area (Å²) in [6, 6.07) is 0.135. The van der Waals surface area contributed by atoms with Gasteiger partial charge in [0.05, 0.1) is 24.8 Å². The van der Waals surface area contributed by atoms with Crippen molar-refractivity contribution in [2.45, 2.75) is 37.8 Å². The van der Waals surface area contributed by atoms with Gasteiger partial charge in [-0.3, -0.25) is 9.89 Å². The third-order valence-corrected chi connectivity index (χ3v) is 3.73. The zero-order chi connectivity index (χ0) is 13.7. The molecule has 1 fully saturated rings. The second-order valence-electron chi connectivity index (χ2n) is 4.93. The van der Waals surface area contributed by atoms with Gasteiger partial charge < -0.3 is 15.4 Å². The number of rotatable bonds is 5. The van der Waals surface area contributed by atoms with Crippen LogP contribution in [0.25, 0.3) is 0 Å². The molecule has 1 aromatic rings. The number of nitrogens with two attached hydrogens (primary N) is 1. The Bertz CT molecular complexity index is 399. The van der Waals surface area contributed by atoms with E-state index in [9.17, 15) is 4.79 Å². The van der Waals surface area contributed by atoms with Gasteiger partial charge >= 0.3 is 0 Å². The van der Waals surface area contributed by atoms with Crippen LogP contribution in [0.4, 0.5) is 0 Å². The van der Waals surface area contributed by atoms with Crippen molar-refractivity contribution >= 4 is 30.7 Å². The normalized spacial score (nSPS) is 19.3. The summed E-state index contributed by atoms with van der Waals surface area (Å²) >= 11 is 0. The van der Waals surface area contributed by atoms with E-state index in [0.29, 0.717) is 13.0 Å². The van der Waals surface area contributed by atoms with Crippen LogP contribution >= 0.6 is 24.8 Å². The molecule has 2 atom stereocenters. The lowest BCUT2D eigenvalue weighted by Crippen LogP contribution is -2.41. The first-order chi connectivity index (χ1) is 9.26. The predicted molar refractivity (Wildman–Crippen MR) is 85.9 cm³/mol. The number of amides is 1. The molecule has 0 spiro atoms. The highest BCUT2D eigenvalue weighted by Crippen LogP contribution is 2.30. The maximum Gasteiger partial charge on any atom is 0.225 e. The molecule has 2 rings (SSSR count). The minimum Gasteiger partial charge on any atom is -0.380 e. The fourth-order valence-electron chi connectivity index (χ4n) is 2.59. The van der Waals surface area contributed by atoms with E-state index >= 15 is 0 Å². The maximum absolute atomic E-state index is 12.4. The van der Waals surface area contributed by atoms with Gasteiger partial charge in [0.1, 0.15) is 0 Å². The molecule has 0 bridgehead atoms. The lowest BCUT2D eigenvalue weighted by Gasteiger charge is -2.36. The van der Waals surface area contributed by atoms with Crippen LogP contribution in [0.15, 0.2) is 12.4 Å². The first-order valence-corrected chi connectivity index (χ1v) is 6.77. The molecule has 8 heteroatoms. The summed E-state index contributed by atoms with van der Waals surface area (Å²) in [7, 11) is 1.59. The summed E-state index contributed by atoms with van der Waals surface area (Å²) in [5, 5.41) is 6.79. The number of nitrogens with one attached hydrogen (secondary N) is 1. The number of nitrogens with zero attached hydrogens (tertiary/aromatic N) is 2. The van der Waals surface area contributed by atoms with Crippen LogP contribution in [0.1, 0.15) is 37.3 Å². The number of ether oxygens (including phenoxy) is 1. The van der Waals surface area contributed by atoms with Gasteiger partial charge in [-0.05, 0) is 19.3 Å². The highest BCUT2D eigenvalue weighted by molar-refractivity contribution is 5.85. The number of aromatic amines is 1. The van der Waals surface area contributed by atoms with Crippen molar-refractivity contribution < 1.29 is 9.53 Å². The zero-order valence-electron chi connectivity index (χ0n) is 12.2. The van der Waals surface area contributed by atoms with Gasteiger partial charge in [0.25, 0.3) is 0 Å². The topological polar surface area (TPSA) is 84.2 Å². The highest BCUT2D eigenvalue weighted by Gasteiger charge is 2.29. The minimum absolute atomic E-state index is 0. The second kappa shape index (κ2) is 10.00. The summed E-state index contributed by atoms with van der Waals surface area (Å²) in [4.78, 5) is 14.3. The Morgan fingerprint density at radius 1 is 1.57 bits per heavy atom. The van der Waals surface area contributed by atoms with E-state index in [-0.39, 0.29) is 42.9 Å².